The summed E-state index contributed by atoms with van der Waals surface area (Å²) >= 11 is 0. The number of hydrogen-bond acceptors (Lipinski definition) is 5. The maximum absolute atomic E-state index is 11.6. The monoisotopic (exact) mass is 274 g/mol. The topological polar surface area (TPSA) is 76.7 Å². The van der Waals surface area contributed by atoms with Gasteiger partial charge in [0.25, 0.3) is 0 Å². The number of amides is 1. The summed E-state index contributed by atoms with van der Waals surface area (Å²) in [5.74, 6) is 0.0355. The summed E-state index contributed by atoms with van der Waals surface area (Å²) in [7, 11) is 0. The number of nitrogens with one attached hydrogen (secondary N) is 2. The third-order valence-electron chi connectivity index (χ3n) is 2.30. The minimum Gasteiger partial charge on any atom is -0.464 e. The molecule has 1 atom stereocenters. The largest absolute Gasteiger partial charge is 0.464 e. The van der Waals surface area contributed by atoms with Gasteiger partial charge in [0.2, 0.25) is 5.91 Å². The molecule has 0 fully saturated rings. The second kappa shape index (κ2) is 10.8. The number of esters is 1. The highest BCUT2D eigenvalue weighted by atomic mass is 16.6. The van der Waals surface area contributed by atoms with Crippen LogP contribution in [0.4, 0.5) is 0 Å². The highest BCUT2D eigenvalue weighted by Crippen LogP contribution is 1.89. The maximum atomic E-state index is 11.6. The van der Waals surface area contributed by atoms with Crippen LogP contribution in [-0.4, -0.2) is 50.8 Å². The molecule has 1 amide bonds. The van der Waals surface area contributed by atoms with Gasteiger partial charge < -0.3 is 20.1 Å². The van der Waals surface area contributed by atoms with E-state index in [2.05, 4.69) is 10.6 Å². The highest BCUT2D eigenvalue weighted by Gasteiger charge is 2.11. The Kier molecular flexibility index (Phi) is 10.1. The Labute approximate surface area is 115 Å². The van der Waals surface area contributed by atoms with Gasteiger partial charge in [0.05, 0.1) is 19.3 Å². The molecule has 112 valence electrons. The molecule has 6 nitrogen and oxygen atoms in total. The Hall–Kier alpha value is -1.14. The van der Waals surface area contributed by atoms with Gasteiger partial charge in [-0.1, -0.05) is 13.8 Å². The summed E-state index contributed by atoms with van der Waals surface area (Å²) < 4.78 is 9.82. The average molecular weight is 274 g/mol. The Morgan fingerprint density at radius 3 is 2.47 bits per heavy atom. The molecule has 0 radical (unpaired) electrons. The molecule has 1 unspecified atom stereocenters. The summed E-state index contributed by atoms with van der Waals surface area (Å²) in [6.07, 6.45) is 0. The molecule has 2 N–H and O–H groups in total. The SMILES string of the molecule is CCOC(=O)COCCNC(C)C(=O)NCC(C)C. The first-order valence-corrected chi connectivity index (χ1v) is 6.71. The van der Waals surface area contributed by atoms with E-state index in [4.69, 9.17) is 9.47 Å². The smallest absolute Gasteiger partial charge is 0.332 e. The lowest BCUT2D eigenvalue weighted by Crippen LogP contribution is -2.44. The van der Waals surface area contributed by atoms with E-state index in [1.54, 1.807) is 13.8 Å². The lowest BCUT2D eigenvalue weighted by molar-refractivity contribution is -0.148. The normalized spacial score (nSPS) is 12.3. The molecule has 0 aromatic rings. The lowest BCUT2D eigenvalue weighted by Gasteiger charge is -2.15. The van der Waals surface area contributed by atoms with Crippen molar-refractivity contribution in [3.63, 3.8) is 0 Å². The first kappa shape index (κ1) is 17.9. The Bertz CT molecular complexity index is 269. The molecule has 0 aromatic carbocycles. The van der Waals surface area contributed by atoms with E-state index in [0.717, 1.165) is 0 Å². The molecule has 0 saturated heterocycles. The van der Waals surface area contributed by atoms with Crippen molar-refractivity contribution in [1.29, 1.82) is 0 Å². The molecule has 0 aliphatic rings. The van der Waals surface area contributed by atoms with Crippen molar-refractivity contribution in [2.45, 2.75) is 33.7 Å². The molecule has 19 heavy (non-hydrogen) atoms. The Morgan fingerprint density at radius 1 is 1.21 bits per heavy atom. The fourth-order valence-electron chi connectivity index (χ4n) is 1.26. The molecule has 0 aliphatic carbocycles. The highest BCUT2D eigenvalue weighted by molar-refractivity contribution is 5.81. The number of ether oxygens (including phenoxy) is 2. The quantitative estimate of drug-likeness (QED) is 0.443. The molecule has 0 heterocycles. The molecule has 0 spiro atoms. The molecule has 0 aromatic heterocycles. The van der Waals surface area contributed by atoms with Gasteiger partial charge in [0.1, 0.15) is 6.61 Å². The third-order valence-corrected chi connectivity index (χ3v) is 2.30. The predicted octanol–water partition coefficient (Wildman–Crippen LogP) is 0.316. The maximum Gasteiger partial charge on any atom is 0.332 e. The fraction of sp³-hybridized carbons (Fsp3) is 0.846. The standard InChI is InChI=1S/C13H26N2O4/c1-5-19-12(16)9-18-7-6-14-11(4)13(17)15-8-10(2)3/h10-11,14H,5-9H2,1-4H3,(H,15,17). The van der Waals surface area contributed by atoms with Crippen molar-refractivity contribution >= 4 is 11.9 Å². The van der Waals surface area contributed by atoms with Gasteiger partial charge in [-0.25, -0.2) is 4.79 Å². The van der Waals surface area contributed by atoms with Crippen LogP contribution < -0.4 is 10.6 Å². The third kappa shape index (κ3) is 10.5. The van der Waals surface area contributed by atoms with Crippen LogP contribution >= 0.6 is 0 Å². The molecule has 0 aliphatic heterocycles. The van der Waals surface area contributed by atoms with Gasteiger partial charge in [-0.05, 0) is 19.8 Å². The number of rotatable bonds is 10. The lowest BCUT2D eigenvalue weighted by atomic mass is 10.2. The zero-order chi connectivity index (χ0) is 14.7. The van der Waals surface area contributed by atoms with Crippen LogP contribution in [0.15, 0.2) is 0 Å². The van der Waals surface area contributed by atoms with Crippen LogP contribution in [0.1, 0.15) is 27.7 Å². The van der Waals surface area contributed by atoms with Crippen molar-refractivity contribution < 1.29 is 19.1 Å². The first-order chi connectivity index (χ1) is 8.97. The summed E-state index contributed by atoms with van der Waals surface area (Å²) in [6, 6.07) is -0.273. The van der Waals surface area contributed by atoms with Gasteiger partial charge in [0, 0.05) is 13.1 Å². The van der Waals surface area contributed by atoms with Crippen LogP contribution in [-0.2, 0) is 19.1 Å². The first-order valence-electron chi connectivity index (χ1n) is 6.71. The van der Waals surface area contributed by atoms with E-state index in [9.17, 15) is 9.59 Å². The van der Waals surface area contributed by atoms with Gasteiger partial charge >= 0.3 is 5.97 Å². The zero-order valence-electron chi connectivity index (χ0n) is 12.3. The van der Waals surface area contributed by atoms with Crippen molar-refractivity contribution in [3.8, 4) is 0 Å². The van der Waals surface area contributed by atoms with Crippen LogP contribution in [0, 0.1) is 5.92 Å². The molecule has 0 bridgehead atoms. The van der Waals surface area contributed by atoms with Crippen molar-refractivity contribution in [1.82, 2.24) is 10.6 Å². The molecular weight excluding hydrogens is 248 g/mol. The number of carbonyl (C=O) groups excluding carboxylic acids is 2. The summed E-state index contributed by atoms with van der Waals surface area (Å²) in [6.45, 7) is 9.47. The van der Waals surface area contributed by atoms with E-state index in [-0.39, 0.29) is 24.5 Å². The van der Waals surface area contributed by atoms with E-state index in [1.165, 1.54) is 0 Å². The minimum atomic E-state index is -0.370. The number of hydrogen-bond donors (Lipinski definition) is 2. The Balaban J connectivity index is 3.54. The Morgan fingerprint density at radius 2 is 1.89 bits per heavy atom. The van der Waals surface area contributed by atoms with Crippen LogP contribution in [0.25, 0.3) is 0 Å². The molecular formula is C13H26N2O4. The van der Waals surface area contributed by atoms with Crippen LogP contribution in [0.5, 0.6) is 0 Å². The van der Waals surface area contributed by atoms with Crippen LogP contribution in [0.3, 0.4) is 0 Å². The second-order valence-corrected chi connectivity index (χ2v) is 4.67. The van der Waals surface area contributed by atoms with Crippen molar-refractivity contribution in [2.75, 3.05) is 32.9 Å². The average Bonchev–Trinajstić information content (AvgIpc) is 2.35. The molecule has 6 heteroatoms. The predicted molar refractivity (Wildman–Crippen MR) is 72.8 cm³/mol. The van der Waals surface area contributed by atoms with Crippen molar-refractivity contribution in [2.24, 2.45) is 5.92 Å². The summed E-state index contributed by atoms with van der Waals surface area (Å²) in [5.41, 5.74) is 0. The summed E-state index contributed by atoms with van der Waals surface area (Å²) in [5, 5.41) is 5.86. The van der Waals surface area contributed by atoms with Gasteiger partial charge in [-0.2, -0.15) is 0 Å². The number of carbonyl (C=O) groups is 2. The van der Waals surface area contributed by atoms with Gasteiger partial charge in [-0.15, -0.1) is 0 Å². The minimum absolute atomic E-state index is 0.0286. The molecule has 0 saturated carbocycles. The zero-order valence-corrected chi connectivity index (χ0v) is 12.3. The fourth-order valence-corrected chi connectivity index (χ4v) is 1.26. The summed E-state index contributed by atoms with van der Waals surface area (Å²) in [4.78, 5) is 22.6. The molecule has 0 rings (SSSR count). The van der Waals surface area contributed by atoms with Crippen molar-refractivity contribution in [3.05, 3.63) is 0 Å². The van der Waals surface area contributed by atoms with Crippen LogP contribution in [0.2, 0.25) is 0 Å². The van der Waals surface area contributed by atoms with E-state index in [1.807, 2.05) is 13.8 Å². The van der Waals surface area contributed by atoms with Gasteiger partial charge in [0.15, 0.2) is 0 Å². The van der Waals surface area contributed by atoms with E-state index < -0.39 is 0 Å². The van der Waals surface area contributed by atoms with Gasteiger partial charge in [-0.3, -0.25) is 4.79 Å². The van der Waals surface area contributed by atoms with E-state index >= 15 is 0 Å². The van der Waals surface area contributed by atoms with E-state index in [0.29, 0.717) is 32.2 Å². The second-order valence-electron chi connectivity index (χ2n) is 4.67.